The van der Waals surface area contributed by atoms with Gasteiger partial charge in [0.15, 0.2) is 0 Å². The topological polar surface area (TPSA) is 88.4 Å². The van der Waals surface area contributed by atoms with Gasteiger partial charge in [-0.25, -0.2) is 0 Å². The maximum absolute atomic E-state index is 8.85. The van der Waals surface area contributed by atoms with E-state index >= 15 is 0 Å². The summed E-state index contributed by atoms with van der Waals surface area (Å²) in [6.07, 6.45) is -1.52. The van der Waals surface area contributed by atoms with Crippen molar-refractivity contribution < 1.29 is 28.9 Å². The van der Waals surface area contributed by atoms with Crippen LogP contribution in [0, 0.1) is 0 Å². The van der Waals surface area contributed by atoms with Gasteiger partial charge in [0.25, 0.3) is 0 Å². The van der Waals surface area contributed by atoms with Gasteiger partial charge in [0.1, 0.15) is 18.3 Å². The second-order valence-electron chi connectivity index (χ2n) is 2.65. The van der Waals surface area contributed by atoms with Gasteiger partial charge in [-0.15, -0.1) is 0 Å². The minimum atomic E-state index is -2.45. The fourth-order valence-electron chi connectivity index (χ4n) is 1.25. The normalized spacial score (nSPS) is 34.4. The van der Waals surface area contributed by atoms with Gasteiger partial charge in [0, 0.05) is 7.11 Å². The Labute approximate surface area is 77.0 Å². The van der Waals surface area contributed by atoms with Crippen LogP contribution in [0.5, 0.6) is 0 Å². The lowest BCUT2D eigenvalue weighted by molar-refractivity contribution is -0.00524. The van der Waals surface area contributed by atoms with Crippen LogP contribution in [0.3, 0.4) is 0 Å². The van der Waals surface area contributed by atoms with Crippen molar-refractivity contribution in [3.8, 4) is 0 Å². The zero-order valence-corrected chi connectivity index (χ0v) is 8.05. The first kappa shape index (κ1) is 11.3. The number of hydrogen-bond acceptors (Lipinski definition) is 6. The third-order valence-corrected chi connectivity index (χ3v) is 2.34. The summed E-state index contributed by atoms with van der Waals surface area (Å²) in [5, 5.41) is 8.85. The molecule has 0 amide bonds. The van der Waals surface area contributed by atoms with E-state index in [0.717, 1.165) is 0 Å². The van der Waals surface area contributed by atoms with Crippen LogP contribution in [-0.2, 0) is 14.0 Å². The Balaban J connectivity index is 2.51. The fourth-order valence-corrected chi connectivity index (χ4v) is 1.74. The molecular formula is C6H13O6P. The molecule has 0 radical (unpaired) electrons. The average Bonchev–Trinajstić information content (AvgIpc) is 2.46. The van der Waals surface area contributed by atoms with E-state index in [1.54, 1.807) is 0 Å². The molecule has 3 atom stereocenters. The maximum Gasteiger partial charge on any atom is 0.327 e. The molecule has 78 valence electrons. The number of aliphatic hydroxyl groups excluding tert-OH is 1. The summed E-state index contributed by atoms with van der Waals surface area (Å²) in [6.45, 7) is 0.0588. The SMILES string of the molecule is COC1COC(CO)C1OP(O)O. The molecule has 7 heteroatoms. The lowest BCUT2D eigenvalue weighted by atomic mass is 10.1. The number of methoxy groups -OCH3 is 1. The zero-order chi connectivity index (χ0) is 9.84. The van der Waals surface area contributed by atoms with Crippen LogP contribution in [0.2, 0.25) is 0 Å². The fraction of sp³-hybridized carbons (Fsp3) is 1.00. The van der Waals surface area contributed by atoms with E-state index in [4.69, 9.17) is 28.9 Å². The van der Waals surface area contributed by atoms with Crippen LogP contribution >= 0.6 is 8.60 Å². The molecule has 0 spiro atoms. The van der Waals surface area contributed by atoms with Crippen LogP contribution in [0.25, 0.3) is 0 Å². The molecule has 0 bridgehead atoms. The van der Waals surface area contributed by atoms with Crippen LogP contribution in [0.1, 0.15) is 0 Å². The minimum absolute atomic E-state index is 0.228. The molecule has 1 fully saturated rings. The molecule has 1 rings (SSSR count). The smallest absolute Gasteiger partial charge is 0.327 e. The van der Waals surface area contributed by atoms with E-state index < -0.39 is 20.8 Å². The number of rotatable bonds is 4. The Morgan fingerprint density at radius 1 is 1.54 bits per heavy atom. The summed E-state index contributed by atoms with van der Waals surface area (Å²) >= 11 is 0. The van der Waals surface area contributed by atoms with Crippen molar-refractivity contribution >= 4 is 8.60 Å². The van der Waals surface area contributed by atoms with Crippen molar-refractivity contribution in [3.05, 3.63) is 0 Å². The van der Waals surface area contributed by atoms with Gasteiger partial charge in [-0.1, -0.05) is 0 Å². The van der Waals surface area contributed by atoms with Crippen LogP contribution in [0.4, 0.5) is 0 Å². The van der Waals surface area contributed by atoms with Crippen LogP contribution in [-0.4, -0.2) is 53.5 Å². The van der Waals surface area contributed by atoms with Crippen molar-refractivity contribution in [3.63, 3.8) is 0 Å². The van der Waals surface area contributed by atoms with Crippen molar-refractivity contribution in [2.45, 2.75) is 18.3 Å². The predicted octanol–water partition coefficient (Wildman–Crippen LogP) is -1.01. The Kier molecular flexibility index (Phi) is 4.48. The van der Waals surface area contributed by atoms with E-state index in [2.05, 4.69) is 0 Å². The van der Waals surface area contributed by atoms with E-state index in [-0.39, 0.29) is 19.3 Å². The Hall–Kier alpha value is 0.190. The summed E-state index contributed by atoms with van der Waals surface area (Å²) in [5.74, 6) is 0. The van der Waals surface area contributed by atoms with Crippen molar-refractivity contribution in [1.82, 2.24) is 0 Å². The molecule has 0 aromatic heterocycles. The highest BCUT2D eigenvalue weighted by molar-refractivity contribution is 7.39. The highest BCUT2D eigenvalue weighted by atomic mass is 31.2. The first-order valence-electron chi connectivity index (χ1n) is 3.79. The highest BCUT2D eigenvalue weighted by Gasteiger charge is 2.39. The number of aliphatic hydroxyl groups is 1. The van der Waals surface area contributed by atoms with E-state index in [1.165, 1.54) is 7.11 Å². The second kappa shape index (κ2) is 5.17. The van der Waals surface area contributed by atoms with Gasteiger partial charge in [-0.05, 0) is 0 Å². The van der Waals surface area contributed by atoms with Gasteiger partial charge in [-0.3, -0.25) is 0 Å². The monoisotopic (exact) mass is 212 g/mol. The summed E-state index contributed by atoms with van der Waals surface area (Å²) < 4.78 is 14.9. The Bertz CT molecular complexity index is 142. The molecule has 3 N–H and O–H groups in total. The lowest BCUT2D eigenvalue weighted by Gasteiger charge is -2.20. The van der Waals surface area contributed by atoms with Gasteiger partial charge in [0.05, 0.1) is 13.2 Å². The van der Waals surface area contributed by atoms with Gasteiger partial charge in [0.2, 0.25) is 0 Å². The molecule has 6 nitrogen and oxygen atoms in total. The molecule has 0 saturated carbocycles. The average molecular weight is 212 g/mol. The second-order valence-corrected chi connectivity index (χ2v) is 3.37. The molecule has 0 aromatic carbocycles. The van der Waals surface area contributed by atoms with Crippen LogP contribution in [0.15, 0.2) is 0 Å². The molecule has 1 saturated heterocycles. The summed E-state index contributed by atoms with van der Waals surface area (Å²) in [4.78, 5) is 17.3. The third kappa shape index (κ3) is 2.82. The van der Waals surface area contributed by atoms with Crippen molar-refractivity contribution in [1.29, 1.82) is 0 Å². The first-order chi connectivity index (χ1) is 6.19. The van der Waals surface area contributed by atoms with Crippen molar-refractivity contribution in [2.75, 3.05) is 20.3 Å². The standard InChI is InChI=1S/C6H13O6P/c1-10-5-3-11-4(2-7)6(5)12-13(8)9/h4-9H,2-3H2,1H3. The number of ether oxygens (including phenoxy) is 2. The molecule has 1 heterocycles. The highest BCUT2D eigenvalue weighted by Crippen LogP contribution is 2.33. The molecule has 0 aromatic rings. The van der Waals surface area contributed by atoms with Crippen LogP contribution < -0.4 is 0 Å². The minimum Gasteiger partial charge on any atom is -0.394 e. The zero-order valence-electron chi connectivity index (χ0n) is 7.16. The lowest BCUT2D eigenvalue weighted by Crippen LogP contribution is -2.35. The summed E-state index contributed by atoms with van der Waals surface area (Å²) in [6, 6.07) is 0. The molecule has 0 aliphatic carbocycles. The first-order valence-corrected chi connectivity index (χ1v) is 4.95. The largest absolute Gasteiger partial charge is 0.394 e. The quantitative estimate of drug-likeness (QED) is 0.517. The van der Waals surface area contributed by atoms with E-state index in [9.17, 15) is 0 Å². The molecular weight excluding hydrogens is 199 g/mol. The Morgan fingerprint density at radius 3 is 2.69 bits per heavy atom. The van der Waals surface area contributed by atoms with Gasteiger partial charge < -0.3 is 28.9 Å². The predicted molar refractivity (Wildman–Crippen MR) is 43.9 cm³/mol. The molecule has 13 heavy (non-hydrogen) atoms. The number of hydrogen-bond donors (Lipinski definition) is 3. The van der Waals surface area contributed by atoms with Crippen molar-refractivity contribution in [2.24, 2.45) is 0 Å². The Morgan fingerprint density at radius 2 is 2.23 bits per heavy atom. The molecule has 1 aliphatic rings. The molecule has 3 unspecified atom stereocenters. The van der Waals surface area contributed by atoms with E-state index in [0.29, 0.717) is 0 Å². The maximum atomic E-state index is 8.85. The summed E-state index contributed by atoms with van der Waals surface area (Å²) in [5.41, 5.74) is 0. The van der Waals surface area contributed by atoms with Gasteiger partial charge in [-0.2, -0.15) is 0 Å². The third-order valence-electron chi connectivity index (χ3n) is 1.91. The summed E-state index contributed by atoms with van der Waals surface area (Å²) in [7, 11) is -0.974. The molecule has 1 aliphatic heterocycles. The van der Waals surface area contributed by atoms with Gasteiger partial charge >= 0.3 is 8.60 Å². The van der Waals surface area contributed by atoms with E-state index in [1.807, 2.05) is 0 Å².